The first-order chi connectivity index (χ1) is 4.34. The van der Waals surface area contributed by atoms with E-state index in [2.05, 4.69) is 24.6 Å². The molecule has 1 heterocycles. The van der Waals surface area contributed by atoms with Crippen LogP contribution in [-0.2, 0) is 0 Å². The van der Waals surface area contributed by atoms with Crippen molar-refractivity contribution in [1.82, 2.24) is 5.32 Å². The van der Waals surface area contributed by atoms with Crippen LogP contribution in [0.15, 0.2) is 0 Å². The highest BCUT2D eigenvalue weighted by Crippen LogP contribution is 2.12. The Bertz CT molecular complexity index is 83.0. The van der Waals surface area contributed by atoms with Crippen LogP contribution in [0.1, 0.15) is 6.92 Å². The average molecular weight is 129 g/mol. The van der Waals surface area contributed by atoms with Crippen molar-refractivity contribution < 1.29 is 5.32 Å². The van der Waals surface area contributed by atoms with E-state index in [1.807, 2.05) is 0 Å². The van der Waals surface area contributed by atoms with Gasteiger partial charge in [-0.05, 0) is 12.5 Å². The van der Waals surface area contributed by atoms with Crippen LogP contribution in [0, 0.1) is 11.8 Å². The number of quaternary nitrogens is 1. The lowest BCUT2D eigenvalue weighted by atomic mass is 9.98. The van der Waals surface area contributed by atoms with E-state index in [1.54, 1.807) is 0 Å². The fourth-order valence-electron chi connectivity index (χ4n) is 1.48. The third-order valence-electron chi connectivity index (χ3n) is 2.22. The molecule has 2 atom stereocenters. The minimum Gasteiger partial charge on any atom is -0.348 e. The van der Waals surface area contributed by atoms with Crippen molar-refractivity contribution in [3.8, 4) is 0 Å². The Hall–Kier alpha value is -0.0800. The molecular formula is C7H17N2+. The third kappa shape index (κ3) is 1.66. The van der Waals surface area contributed by atoms with Gasteiger partial charge in [0, 0.05) is 12.5 Å². The van der Waals surface area contributed by atoms with Gasteiger partial charge in [0.15, 0.2) is 0 Å². The molecule has 0 bridgehead atoms. The van der Waals surface area contributed by atoms with Gasteiger partial charge in [0.1, 0.15) is 0 Å². The summed E-state index contributed by atoms with van der Waals surface area (Å²) in [5.74, 6) is 1.80. The average Bonchev–Trinajstić information content (AvgIpc) is 2.18. The molecule has 0 spiro atoms. The van der Waals surface area contributed by atoms with Crippen molar-refractivity contribution in [2.75, 3.05) is 26.7 Å². The second-order valence-electron chi connectivity index (χ2n) is 3.04. The SMILES string of the molecule is C[NH2+]CC1CNCC1C. The van der Waals surface area contributed by atoms with Crippen molar-refractivity contribution >= 4 is 0 Å². The Kier molecular flexibility index (Phi) is 2.49. The first-order valence-electron chi connectivity index (χ1n) is 3.83. The van der Waals surface area contributed by atoms with Crippen molar-refractivity contribution in [2.45, 2.75) is 6.92 Å². The van der Waals surface area contributed by atoms with Gasteiger partial charge in [0.25, 0.3) is 0 Å². The minimum atomic E-state index is 0.890. The second-order valence-corrected chi connectivity index (χ2v) is 3.04. The number of rotatable bonds is 2. The summed E-state index contributed by atoms with van der Waals surface area (Å²) in [7, 11) is 2.14. The molecule has 0 aliphatic carbocycles. The number of hydrogen-bond donors (Lipinski definition) is 2. The first-order valence-corrected chi connectivity index (χ1v) is 3.83. The second kappa shape index (κ2) is 3.18. The molecule has 1 fully saturated rings. The molecule has 0 aromatic rings. The molecule has 0 aromatic carbocycles. The van der Waals surface area contributed by atoms with Crippen LogP contribution in [0.4, 0.5) is 0 Å². The van der Waals surface area contributed by atoms with Gasteiger partial charge in [0.05, 0.1) is 13.6 Å². The molecule has 0 radical (unpaired) electrons. The topological polar surface area (TPSA) is 28.6 Å². The molecule has 0 amide bonds. The predicted octanol–water partition coefficient (Wildman–Crippen LogP) is -0.965. The highest BCUT2D eigenvalue weighted by Gasteiger charge is 2.23. The monoisotopic (exact) mass is 129 g/mol. The molecule has 54 valence electrons. The lowest BCUT2D eigenvalue weighted by molar-refractivity contribution is -0.633. The molecule has 2 unspecified atom stereocenters. The standard InChI is InChI=1S/C7H16N2/c1-6-3-9-5-7(6)4-8-2/h6-9H,3-5H2,1-2H3/p+1. The van der Waals surface area contributed by atoms with Crippen molar-refractivity contribution in [1.29, 1.82) is 0 Å². The lowest BCUT2D eigenvalue weighted by Crippen LogP contribution is -2.81. The van der Waals surface area contributed by atoms with Crippen LogP contribution >= 0.6 is 0 Å². The zero-order valence-corrected chi connectivity index (χ0v) is 6.35. The van der Waals surface area contributed by atoms with Crippen molar-refractivity contribution in [2.24, 2.45) is 11.8 Å². The maximum Gasteiger partial charge on any atom is 0.0797 e. The van der Waals surface area contributed by atoms with E-state index in [-0.39, 0.29) is 0 Å². The molecule has 3 N–H and O–H groups in total. The zero-order chi connectivity index (χ0) is 6.69. The fourth-order valence-corrected chi connectivity index (χ4v) is 1.48. The van der Waals surface area contributed by atoms with Crippen LogP contribution in [-0.4, -0.2) is 26.7 Å². The normalized spacial score (nSPS) is 35.3. The summed E-state index contributed by atoms with van der Waals surface area (Å²) in [6, 6.07) is 0. The van der Waals surface area contributed by atoms with Crippen molar-refractivity contribution in [3.05, 3.63) is 0 Å². The van der Waals surface area contributed by atoms with Crippen LogP contribution in [0.25, 0.3) is 0 Å². The Labute approximate surface area is 57.0 Å². The van der Waals surface area contributed by atoms with Crippen molar-refractivity contribution in [3.63, 3.8) is 0 Å². The summed E-state index contributed by atoms with van der Waals surface area (Å²) < 4.78 is 0. The maximum absolute atomic E-state index is 3.39. The molecule has 2 nitrogen and oxygen atoms in total. The summed E-state index contributed by atoms with van der Waals surface area (Å²) in [4.78, 5) is 0. The molecule has 1 aliphatic rings. The van der Waals surface area contributed by atoms with Crippen LogP contribution < -0.4 is 10.6 Å². The van der Waals surface area contributed by atoms with Crippen LogP contribution in [0.2, 0.25) is 0 Å². The van der Waals surface area contributed by atoms with E-state index in [9.17, 15) is 0 Å². The minimum absolute atomic E-state index is 0.890. The lowest BCUT2D eigenvalue weighted by Gasteiger charge is -2.09. The van der Waals surface area contributed by atoms with E-state index in [1.165, 1.54) is 19.6 Å². The Balaban J connectivity index is 2.22. The summed E-state index contributed by atoms with van der Waals surface area (Å²) in [5, 5.41) is 5.66. The van der Waals surface area contributed by atoms with Gasteiger partial charge in [-0.3, -0.25) is 0 Å². The van der Waals surface area contributed by atoms with E-state index in [0.717, 1.165) is 11.8 Å². The molecule has 1 aliphatic heterocycles. The summed E-state index contributed by atoms with van der Waals surface area (Å²) in [5.41, 5.74) is 0. The fraction of sp³-hybridized carbons (Fsp3) is 1.00. The largest absolute Gasteiger partial charge is 0.348 e. The Morgan fingerprint density at radius 2 is 2.33 bits per heavy atom. The van der Waals surface area contributed by atoms with Gasteiger partial charge in [-0.25, -0.2) is 0 Å². The highest BCUT2D eigenvalue weighted by atomic mass is 14.9. The molecule has 1 saturated heterocycles. The number of nitrogens with two attached hydrogens (primary N) is 1. The number of nitrogens with one attached hydrogen (secondary N) is 1. The van der Waals surface area contributed by atoms with Gasteiger partial charge in [-0.15, -0.1) is 0 Å². The maximum atomic E-state index is 3.39. The van der Waals surface area contributed by atoms with Gasteiger partial charge < -0.3 is 10.6 Å². The van der Waals surface area contributed by atoms with Gasteiger partial charge in [-0.1, -0.05) is 6.92 Å². The quantitative estimate of drug-likeness (QED) is 0.494. The van der Waals surface area contributed by atoms with E-state index in [0.29, 0.717) is 0 Å². The molecule has 2 heteroatoms. The summed E-state index contributed by atoms with van der Waals surface area (Å²) in [6.45, 7) is 6.06. The smallest absolute Gasteiger partial charge is 0.0797 e. The van der Waals surface area contributed by atoms with E-state index >= 15 is 0 Å². The first kappa shape index (κ1) is 7.03. The summed E-state index contributed by atoms with van der Waals surface area (Å²) in [6.07, 6.45) is 0. The Morgan fingerprint density at radius 3 is 2.78 bits per heavy atom. The highest BCUT2D eigenvalue weighted by molar-refractivity contribution is 4.76. The molecule has 1 rings (SSSR count). The van der Waals surface area contributed by atoms with Gasteiger partial charge >= 0.3 is 0 Å². The number of hydrogen-bond acceptors (Lipinski definition) is 1. The summed E-state index contributed by atoms with van der Waals surface area (Å²) >= 11 is 0. The Morgan fingerprint density at radius 1 is 1.56 bits per heavy atom. The molecule has 9 heavy (non-hydrogen) atoms. The zero-order valence-electron chi connectivity index (χ0n) is 6.35. The van der Waals surface area contributed by atoms with E-state index in [4.69, 9.17) is 0 Å². The van der Waals surface area contributed by atoms with Crippen LogP contribution in [0.3, 0.4) is 0 Å². The van der Waals surface area contributed by atoms with Gasteiger partial charge in [0.2, 0.25) is 0 Å². The third-order valence-corrected chi connectivity index (χ3v) is 2.22. The molecular weight excluding hydrogens is 112 g/mol. The van der Waals surface area contributed by atoms with Crippen LogP contribution in [0.5, 0.6) is 0 Å². The molecule has 0 aromatic heterocycles. The van der Waals surface area contributed by atoms with Gasteiger partial charge in [-0.2, -0.15) is 0 Å². The molecule has 0 saturated carbocycles. The predicted molar refractivity (Wildman–Crippen MR) is 38.2 cm³/mol. The van der Waals surface area contributed by atoms with E-state index < -0.39 is 0 Å².